The van der Waals surface area contributed by atoms with Crippen molar-refractivity contribution in [3.8, 4) is 0 Å². The molecule has 0 amide bonds. The van der Waals surface area contributed by atoms with Gasteiger partial charge in [-0.25, -0.2) is 0 Å². The van der Waals surface area contributed by atoms with Crippen LogP contribution in [0.25, 0.3) is 5.57 Å². The second kappa shape index (κ2) is 6.15. The molecule has 2 fully saturated rings. The van der Waals surface area contributed by atoms with Gasteiger partial charge < -0.3 is 0 Å². The summed E-state index contributed by atoms with van der Waals surface area (Å²) in [5, 5.41) is 3.97. The summed E-state index contributed by atoms with van der Waals surface area (Å²) < 4.78 is 0. The van der Waals surface area contributed by atoms with Crippen molar-refractivity contribution < 1.29 is 0 Å². The first-order chi connectivity index (χ1) is 13.4. The number of hydrogen-bond donors (Lipinski definition) is 0. The maximum absolute atomic E-state index is 12.5. The van der Waals surface area contributed by atoms with Crippen molar-refractivity contribution in [2.75, 3.05) is 0 Å². The molecule has 2 heteroatoms. The minimum atomic E-state index is -0.547. The molecule has 1 aromatic rings. The molecule has 28 heavy (non-hydrogen) atoms. The summed E-state index contributed by atoms with van der Waals surface area (Å²) in [7, 11) is 0. The Morgan fingerprint density at radius 3 is 2.54 bits per heavy atom. The highest BCUT2D eigenvalue weighted by atomic mass is 16.3. The lowest BCUT2D eigenvalue weighted by Gasteiger charge is -2.61. The molecule has 0 aliphatic heterocycles. The minimum Gasteiger partial charge on any atom is -0.150 e. The molecule has 6 atom stereocenters. The predicted octanol–water partition coefficient (Wildman–Crippen LogP) is 7.17. The van der Waals surface area contributed by atoms with E-state index < -0.39 is 5.54 Å². The third-order valence-corrected chi connectivity index (χ3v) is 9.36. The zero-order valence-corrected chi connectivity index (χ0v) is 17.6. The third-order valence-electron chi connectivity index (χ3n) is 9.36. The van der Waals surface area contributed by atoms with Crippen LogP contribution in [0.1, 0.15) is 71.3 Å². The molecule has 148 valence electrons. The summed E-state index contributed by atoms with van der Waals surface area (Å²) in [5.74, 6) is 2.02. The summed E-state index contributed by atoms with van der Waals surface area (Å²) >= 11 is 0. The van der Waals surface area contributed by atoms with E-state index in [0.29, 0.717) is 17.3 Å². The topological polar surface area (TPSA) is 29.4 Å². The second-order valence-electron chi connectivity index (χ2n) is 10.5. The lowest BCUT2D eigenvalue weighted by Crippen LogP contribution is -2.58. The van der Waals surface area contributed by atoms with Gasteiger partial charge in [0.2, 0.25) is 0 Å². The van der Waals surface area contributed by atoms with E-state index >= 15 is 0 Å². The van der Waals surface area contributed by atoms with E-state index in [1.807, 2.05) is 0 Å². The number of nitroso groups, excluding NO2 is 1. The SMILES string of the molecule is CC1C=C2CC[C@@H]3C(CC[C@]4(N=O)C(c5ccccc5)=CC[C@]34C)[C@@]2(C)CC1. The summed E-state index contributed by atoms with van der Waals surface area (Å²) in [4.78, 5) is 12.5. The number of nitrogens with zero attached hydrogens (tertiary/aromatic N) is 1. The quantitative estimate of drug-likeness (QED) is 0.398. The van der Waals surface area contributed by atoms with Gasteiger partial charge in [0, 0.05) is 5.41 Å². The standard InChI is InChI=1S/C26H33NO/c1-18-11-14-24(2)20(17-18)9-10-23-22(24)13-16-26(27-28)21(12-15-25(23,26)3)19-7-5-4-6-8-19/h4-8,12,17-18,22-23H,9-11,13-16H2,1-3H3/t18?,22?,23-,24+,25-,26+/m1/s1. The van der Waals surface area contributed by atoms with Gasteiger partial charge in [0.25, 0.3) is 0 Å². The van der Waals surface area contributed by atoms with E-state index in [2.05, 4.69) is 68.4 Å². The van der Waals surface area contributed by atoms with Gasteiger partial charge in [-0.05, 0) is 79.3 Å². The van der Waals surface area contributed by atoms with Gasteiger partial charge in [0.05, 0.1) is 0 Å². The fourth-order valence-corrected chi connectivity index (χ4v) is 7.71. The summed E-state index contributed by atoms with van der Waals surface area (Å²) in [6.07, 6.45) is 13.1. The maximum atomic E-state index is 12.5. The molecule has 2 saturated carbocycles. The molecular weight excluding hydrogens is 342 g/mol. The molecule has 2 unspecified atom stereocenters. The van der Waals surface area contributed by atoms with Crippen LogP contribution in [0.4, 0.5) is 0 Å². The lowest BCUT2D eigenvalue weighted by atomic mass is 9.43. The van der Waals surface area contributed by atoms with Crippen LogP contribution in [-0.2, 0) is 0 Å². The molecule has 4 aliphatic carbocycles. The zero-order chi connectivity index (χ0) is 19.6. The van der Waals surface area contributed by atoms with Crippen molar-refractivity contribution in [3.05, 3.63) is 58.5 Å². The molecule has 1 aromatic carbocycles. The third kappa shape index (κ3) is 2.21. The normalized spacial score (nSPS) is 44.6. The Balaban J connectivity index is 1.56. The van der Waals surface area contributed by atoms with E-state index in [1.54, 1.807) is 5.57 Å². The molecule has 2 nitrogen and oxygen atoms in total. The van der Waals surface area contributed by atoms with Crippen molar-refractivity contribution in [1.29, 1.82) is 0 Å². The Hall–Kier alpha value is -1.70. The van der Waals surface area contributed by atoms with E-state index in [9.17, 15) is 4.91 Å². The highest BCUT2D eigenvalue weighted by Crippen LogP contribution is 2.70. The van der Waals surface area contributed by atoms with Crippen LogP contribution in [0, 0.1) is 33.5 Å². The highest BCUT2D eigenvalue weighted by Gasteiger charge is 2.66. The number of benzene rings is 1. The molecule has 0 N–H and O–H groups in total. The first-order valence-corrected chi connectivity index (χ1v) is 11.3. The second-order valence-corrected chi connectivity index (χ2v) is 10.5. The first-order valence-electron chi connectivity index (χ1n) is 11.3. The van der Waals surface area contributed by atoms with Crippen LogP contribution in [0.5, 0.6) is 0 Å². The van der Waals surface area contributed by atoms with Gasteiger partial charge in [-0.2, -0.15) is 0 Å². The molecular formula is C26H33NO. The minimum absolute atomic E-state index is 0.0412. The number of rotatable bonds is 2. The molecule has 4 aliphatic rings. The van der Waals surface area contributed by atoms with Crippen LogP contribution in [0.2, 0.25) is 0 Å². The Morgan fingerprint density at radius 1 is 1.00 bits per heavy atom. The number of allylic oxidation sites excluding steroid dienone is 3. The van der Waals surface area contributed by atoms with Gasteiger partial charge in [0.1, 0.15) is 5.54 Å². The van der Waals surface area contributed by atoms with E-state index in [1.165, 1.54) is 36.8 Å². The van der Waals surface area contributed by atoms with E-state index in [4.69, 9.17) is 0 Å². The van der Waals surface area contributed by atoms with E-state index in [0.717, 1.165) is 25.2 Å². The maximum Gasteiger partial charge on any atom is 0.134 e. The van der Waals surface area contributed by atoms with Crippen molar-refractivity contribution in [3.63, 3.8) is 0 Å². The molecule has 0 aromatic heterocycles. The van der Waals surface area contributed by atoms with Crippen LogP contribution < -0.4 is 0 Å². The number of hydrogen-bond acceptors (Lipinski definition) is 2. The van der Waals surface area contributed by atoms with Gasteiger partial charge in [0.15, 0.2) is 0 Å². The van der Waals surface area contributed by atoms with E-state index in [-0.39, 0.29) is 5.41 Å². The van der Waals surface area contributed by atoms with Gasteiger partial charge in [-0.15, -0.1) is 4.91 Å². The zero-order valence-electron chi connectivity index (χ0n) is 17.6. The summed E-state index contributed by atoms with van der Waals surface area (Å²) in [6, 6.07) is 10.5. The highest BCUT2D eigenvalue weighted by molar-refractivity contribution is 5.77. The van der Waals surface area contributed by atoms with Crippen LogP contribution in [0.3, 0.4) is 0 Å². The van der Waals surface area contributed by atoms with Crippen LogP contribution in [-0.4, -0.2) is 5.54 Å². The van der Waals surface area contributed by atoms with Crippen LogP contribution >= 0.6 is 0 Å². The molecule has 0 spiro atoms. The van der Waals surface area contributed by atoms with Crippen LogP contribution in [0.15, 0.2) is 53.2 Å². The van der Waals surface area contributed by atoms with Crippen molar-refractivity contribution >= 4 is 5.57 Å². The predicted molar refractivity (Wildman–Crippen MR) is 116 cm³/mol. The Labute approximate surface area is 169 Å². The van der Waals surface area contributed by atoms with Crippen molar-refractivity contribution in [2.24, 2.45) is 33.8 Å². The first kappa shape index (κ1) is 18.3. The molecule has 5 rings (SSSR count). The average Bonchev–Trinajstić information content (AvgIpc) is 3.02. The van der Waals surface area contributed by atoms with Crippen molar-refractivity contribution in [1.82, 2.24) is 0 Å². The smallest absolute Gasteiger partial charge is 0.134 e. The Bertz CT molecular complexity index is 854. The van der Waals surface area contributed by atoms with Gasteiger partial charge in [-0.3, -0.25) is 0 Å². The van der Waals surface area contributed by atoms with Crippen molar-refractivity contribution in [2.45, 2.75) is 71.3 Å². The summed E-state index contributed by atoms with van der Waals surface area (Å²) in [5.41, 5.74) is 3.86. The lowest BCUT2D eigenvalue weighted by molar-refractivity contribution is -0.0575. The summed E-state index contributed by atoms with van der Waals surface area (Å²) in [6.45, 7) is 7.29. The fraction of sp³-hybridized carbons (Fsp3) is 0.615. The molecule has 0 heterocycles. The largest absolute Gasteiger partial charge is 0.150 e. The molecule has 0 radical (unpaired) electrons. The van der Waals surface area contributed by atoms with Gasteiger partial charge in [-0.1, -0.05) is 74.0 Å². The Kier molecular flexibility index (Phi) is 4.03. The Morgan fingerprint density at radius 2 is 1.79 bits per heavy atom. The monoisotopic (exact) mass is 375 g/mol. The molecule has 0 bridgehead atoms. The molecule has 0 saturated heterocycles. The average molecular weight is 376 g/mol. The number of fused-ring (bicyclic) bond motifs is 5. The van der Waals surface area contributed by atoms with Gasteiger partial charge >= 0.3 is 0 Å². The fourth-order valence-electron chi connectivity index (χ4n) is 7.71.